The minimum atomic E-state index is -0.0637. The van der Waals surface area contributed by atoms with Crippen LogP contribution in [0.1, 0.15) is 72.6 Å². The summed E-state index contributed by atoms with van der Waals surface area (Å²) in [4.78, 5) is 28.8. The third-order valence-electron chi connectivity index (χ3n) is 9.31. The maximum atomic E-state index is 12.0. The van der Waals surface area contributed by atoms with Crippen molar-refractivity contribution in [3.63, 3.8) is 0 Å². The lowest BCUT2D eigenvalue weighted by Crippen LogP contribution is -2.51. The Balaban J connectivity index is 0.00000119. The zero-order valence-corrected chi connectivity index (χ0v) is 21.7. The average Bonchev–Trinajstić information content (AvgIpc) is 3.17. The largest absolute Gasteiger partial charge is 0.358 e. The molecule has 178 valence electrons. The summed E-state index contributed by atoms with van der Waals surface area (Å²) >= 11 is 3.93. The standard InChI is InChI=1S/C24H33NO3S2.C2H6/c1-23-10-8-16(26)14-15(23)4-5-17-18-6-7-20(24(18,2)11-9-19(17)23)21(28-25-27)22-29-12-3-13-30-22;1-2/h8,10,14,17-22H,3-7,9,11-13H2,1-2H3;1-2H3. The summed E-state index contributed by atoms with van der Waals surface area (Å²) in [5, 5.41) is 2.95. The molecule has 0 aromatic heterocycles. The van der Waals surface area contributed by atoms with Crippen LogP contribution in [0.25, 0.3) is 0 Å². The third-order valence-corrected chi connectivity index (χ3v) is 12.4. The predicted molar refractivity (Wildman–Crippen MR) is 135 cm³/mol. The number of hydrogen-bond donors (Lipinski definition) is 0. The lowest BCUT2D eigenvalue weighted by Gasteiger charge is -2.57. The van der Waals surface area contributed by atoms with Crippen molar-refractivity contribution >= 4 is 29.3 Å². The smallest absolute Gasteiger partial charge is 0.178 e. The van der Waals surface area contributed by atoms with Gasteiger partial charge in [-0.25, -0.2) is 0 Å². The van der Waals surface area contributed by atoms with Crippen LogP contribution in [0.2, 0.25) is 0 Å². The van der Waals surface area contributed by atoms with Crippen LogP contribution in [0.15, 0.2) is 29.1 Å². The highest BCUT2D eigenvalue weighted by Gasteiger charge is 2.60. The Morgan fingerprint density at radius 2 is 1.84 bits per heavy atom. The Labute approximate surface area is 202 Å². The van der Waals surface area contributed by atoms with E-state index in [0.717, 1.165) is 24.3 Å². The van der Waals surface area contributed by atoms with Crippen LogP contribution in [0.3, 0.4) is 0 Å². The minimum absolute atomic E-state index is 0.0472. The van der Waals surface area contributed by atoms with Crippen LogP contribution >= 0.6 is 23.5 Å². The number of allylic oxidation sites excluding steroid dienone is 4. The van der Waals surface area contributed by atoms with Crippen LogP contribution in [0, 0.1) is 39.4 Å². The first-order valence-electron chi connectivity index (χ1n) is 12.6. The Bertz CT molecular complexity index is 777. The van der Waals surface area contributed by atoms with E-state index >= 15 is 0 Å². The fraction of sp³-hybridized carbons (Fsp3) is 0.808. The van der Waals surface area contributed by atoms with E-state index in [0.29, 0.717) is 28.3 Å². The van der Waals surface area contributed by atoms with Gasteiger partial charge in [-0.05, 0) is 91.8 Å². The van der Waals surface area contributed by atoms with Crippen molar-refractivity contribution < 1.29 is 9.63 Å². The molecule has 0 spiro atoms. The molecule has 1 aliphatic heterocycles. The van der Waals surface area contributed by atoms with E-state index in [1.165, 1.54) is 37.7 Å². The van der Waals surface area contributed by atoms with Crippen LogP contribution in [0.4, 0.5) is 0 Å². The summed E-state index contributed by atoms with van der Waals surface area (Å²) in [5.74, 6) is 4.90. The maximum Gasteiger partial charge on any atom is 0.178 e. The molecule has 7 atom stereocenters. The van der Waals surface area contributed by atoms with Gasteiger partial charge in [0.15, 0.2) is 17.2 Å². The topological polar surface area (TPSA) is 55.7 Å². The van der Waals surface area contributed by atoms with Gasteiger partial charge in [-0.15, -0.1) is 28.4 Å². The van der Waals surface area contributed by atoms with E-state index in [1.54, 1.807) is 6.08 Å². The monoisotopic (exact) mass is 477 g/mol. The van der Waals surface area contributed by atoms with Crippen LogP contribution in [0.5, 0.6) is 0 Å². The molecule has 3 saturated carbocycles. The summed E-state index contributed by atoms with van der Waals surface area (Å²) in [5.41, 5.74) is 1.63. The highest BCUT2D eigenvalue weighted by Crippen LogP contribution is 2.67. The minimum Gasteiger partial charge on any atom is -0.358 e. The zero-order chi connectivity index (χ0) is 22.9. The summed E-state index contributed by atoms with van der Waals surface area (Å²) < 4.78 is 0.334. The molecule has 32 heavy (non-hydrogen) atoms. The Hall–Kier alpha value is -0.750. The first-order valence-corrected chi connectivity index (χ1v) is 14.7. The van der Waals surface area contributed by atoms with Gasteiger partial charge in [0, 0.05) is 11.3 Å². The highest BCUT2D eigenvalue weighted by atomic mass is 32.2. The molecular formula is C26H39NO3S2. The summed E-state index contributed by atoms with van der Waals surface area (Å²) in [7, 11) is 0. The molecule has 0 amide bonds. The van der Waals surface area contributed by atoms with Gasteiger partial charge in [-0.2, -0.15) is 0 Å². The maximum absolute atomic E-state index is 12.0. The fourth-order valence-electron chi connectivity index (χ4n) is 7.84. The molecule has 0 aromatic carbocycles. The summed E-state index contributed by atoms with van der Waals surface area (Å²) in [6.45, 7) is 8.85. The van der Waals surface area contributed by atoms with Gasteiger partial charge in [0.2, 0.25) is 0 Å². The van der Waals surface area contributed by atoms with Crippen molar-refractivity contribution in [3.8, 4) is 0 Å². The van der Waals surface area contributed by atoms with E-state index in [-0.39, 0.29) is 22.7 Å². The molecule has 4 nitrogen and oxygen atoms in total. The molecular weight excluding hydrogens is 438 g/mol. The van der Waals surface area contributed by atoms with E-state index in [2.05, 4.69) is 25.3 Å². The number of ketones is 1. The fourth-order valence-corrected chi connectivity index (χ4v) is 10.9. The molecule has 1 heterocycles. The second-order valence-corrected chi connectivity index (χ2v) is 13.2. The van der Waals surface area contributed by atoms with Crippen molar-refractivity contribution in [1.82, 2.24) is 0 Å². The molecule has 0 N–H and O–H groups in total. The van der Waals surface area contributed by atoms with Gasteiger partial charge in [-0.1, -0.05) is 39.3 Å². The van der Waals surface area contributed by atoms with Crippen molar-refractivity contribution in [2.45, 2.75) is 83.3 Å². The van der Waals surface area contributed by atoms with Gasteiger partial charge in [0.1, 0.15) is 0 Å². The number of rotatable bonds is 4. The first-order chi connectivity index (χ1) is 15.5. The molecule has 0 bridgehead atoms. The number of nitrogens with zero attached hydrogens (tertiary/aromatic N) is 1. The van der Waals surface area contributed by atoms with Crippen LogP contribution in [-0.4, -0.2) is 28.0 Å². The van der Waals surface area contributed by atoms with Crippen LogP contribution in [-0.2, 0) is 9.63 Å². The second-order valence-electron chi connectivity index (χ2n) is 10.4. The van der Waals surface area contributed by atoms with Crippen molar-refractivity contribution in [2.24, 2.45) is 39.8 Å². The van der Waals surface area contributed by atoms with Gasteiger partial charge in [-0.3, -0.25) is 4.79 Å². The summed E-state index contributed by atoms with van der Waals surface area (Å²) in [6, 6.07) is 0. The Kier molecular flexibility index (Phi) is 7.51. The first kappa shape index (κ1) is 24.4. The lowest BCUT2D eigenvalue weighted by molar-refractivity contribution is -0.111. The van der Waals surface area contributed by atoms with Crippen molar-refractivity contribution in [1.29, 1.82) is 0 Å². The molecule has 5 rings (SSSR count). The van der Waals surface area contributed by atoms with Gasteiger partial charge in [0.05, 0.1) is 4.58 Å². The highest BCUT2D eigenvalue weighted by molar-refractivity contribution is 8.17. The zero-order valence-electron chi connectivity index (χ0n) is 20.0. The van der Waals surface area contributed by atoms with Gasteiger partial charge in [0.25, 0.3) is 0 Å². The molecule has 1 saturated heterocycles. The number of carbonyl (C=O) groups excluding carboxylic acids is 1. The number of thioether (sulfide) groups is 2. The predicted octanol–water partition coefficient (Wildman–Crippen LogP) is 7.20. The lowest BCUT2D eigenvalue weighted by atomic mass is 9.47. The molecule has 4 aliphatic carbocycles. The number of fused-ring (bicyclic) bond motifs is 5. The van der Waals surface area contributed by atoms with E-state index in [4.69, 9.17) is 4.84 Å². The number of carbonyl (C=O) groups is 1. The van der Waals surface area contributed by atoms with Gasteiger partial charge < -0.3 is 4.84 Å². The molecule has 7 unspecified atom stereocenters. The Morgan fingerprint density at radius 3 is 2.56 bits per heavy atom. The molecule has 5 aliphatic rings. The van der Waals surface area contributed by atoms with Crippen molar-refractivity contribution in [3.05, 3.63) is 28.7 Å². The molecule has 6 heteroatoms. The van der Waals surface area contributed by atoms with E-state index < -0.39 is 0 Å². The van der Waals surface area contributed by atoms with Crippen LogP contribution < -0.4 is 0 Å². The molecule has 4 fully saturated rings. The van der Waals surface area contributed by atoms with E-state index in [9.17, 15) is 9.70 Å². The van der Waals surface area contributed by atoms with Gasteiger partial charge >= 0.3 is 0 Å². The molecule has 0 aromatic rings. The average molecular weight is 478 g/mol. The summed E-state index contributed by atoms with van der Waals surface area (Å²) in [6.07, 6.45) is 14.1. The van der Waals surface area contributed by atoms with Crippen molar-refractivity contribution in [2.75, 3.05) is 11.5 Å². The number of hydrogen-bond acceptors (Lipinski definition) is 6. The van der Waals surface area contributed by atoms with E-state index in [1.807, 2.05) is 43.4 Å². The second kappa shape index (κ2) is 9.85. The Morgan fingerprint density at radius 1 is 1.09 bits per heavy atom. The SMILES string of the molecule is CC.CC12C=CC(=O)C=C1CCC1C2CCC2(C)C1CCC2C(ON=O)C1SCCCS1. The quantitative estimate of drug-likeness (QED) is 0.316. The molecule has 0 radical (unpaired) electrons. The third kappa shape index (κ3) is 4.01. The normalized spacial score (nSPS) is 41.9.